The monoisotopic (exact) mass is 389 g/mol. The van der Waals surface area contributed by atoms with E-state index in [4.69, 9.17) is 0 Å². The van der Waals surface area contributed by atoms with Crippen molar-refractivity contribution < 1.29 is 4.39 Å². The second kappa shape index (κ2) is 9.37. The fraction of sp³-hybridized carbons (Fsp3) is 0.240. The van der Waals surface area contributed by atoms with Crippen molar-refractivity contribution >= 4 is 16.6 Å². The van der Waals surface area contributed by atoms with Gasteiger partial charge in [0.1, 0.15) is 5.82 Å². The van der Waals surface area contributed by atoms with Crippen molar-refractivity contribution in [1.29, 1.82) is 0 Å². The molecule has 0 spiro atoms. The van der Waals surface area contributed by atoms with Crippen LogP contribution in [0, 0.1) is 12.7 Å². The Morgan fingerprint density at radius 2 is 1.59 bits per heavy atom. The maximum absolute atomic E-state index is 13.5. The van der Waals surface area contributed by atoms with Crippen LogP contribution < -0.4 is 5.32 Å². The summed E-state index contributed by atoms with van der Waals surface area (Å²) >= 11 is 0. The predicted molar refractivity (Wildman–Crippen MR) is 121 cm³/mol. The third-order valence-electron chi connectivity index (χ3n) is 4.96. The first-order chi connectivity index (χ1) is 14.1. The molecule has 1 heterocycles. The van der Waals surface area contributed by atoms with Crippen LogP contribution in [0.1, 0.15) is 32.3 Å². The number of halogens is 1. The number of nitrogens with zero attached hydrogens (tertiary/aromatic N) is 2. The number of rotatable bonds is 4. The number of anilines is 1. The van der Waals surface area contributed by atoms with Gasteiger partial charge in [0, 0.05) is 18.1 Å². The molecule has 3 aromatic carbocycles. The van der Waals surface area contributed by atoms with Crippen LogP contribution in [0.25, 0.3) is 27.7 Å². The summed E-state index contributed by atoms with van der Waals surface area (Å²) in [6.07, 6.45) is 4.49. The average Bonchev–Trinajstić information content (AvgIpc) is 3.19. The Morgan fingerprint density at radius 1 is 0.897 bits per heavy atom. The van der Waals surface area contributed by atoms with Crippen molar-refractivity contribution in [2.75, 3.05) is 12.4 Å². The quantitative estimate of drug-likeness (QED) is 0.408. The van der Waals surface area contributed by atoms with E-state index in [2.05, 4.69) is 66.7 Å². The zero-order chi connectivity index (χ0) is 20.8. The van der Waals surface area contributed by atoms with E-state index >= 15 is 0 Å². The van der Waals surface area contributed by atoms with Crippen molar-refractivity contribution in [3.63, 3.8) is 0 Å². The number of aromatic nitrogens is 2. The summed E-state index contributed by atoms with van der Waals surface area (Å²) in [6.45, 7) is 6.12. The zero-order valence-corrected chi connectivity index (χ0v) is 17.5. The van der Waals surface area contributed by atoms with Crippen LogP contribution >= 0.6 is 0 Å². The van der Waals surface area contributed by atoms with E-state index in [0.717, 1.165) is 33.4 Å². The molecule has 0 atom stereocenters. The Balaban J connectivity index is 0.000000552. The molecular weight excluding hydrogens is 361 g/mol. The summed E-state index contributed by atoms with van der Waals surface area (Å²) < 4.78 is 15.4. The SMILES string of the molecule is CCCC.CNc1ccc(-c2ccc3c(cnn3-c3ccc(F)c(C)c3)c2)cc1. The first-order valence-electron chi connectivity index (χ1n) is 10.1. The molecule has 0 fully saturated rings. The Labute approximate surface area is 172 Å². The molecule has 150 valence electrons. The summed E-state index contributed by atoms with van der Waals surface area (Å²) in [6, 6.07) is 19.6. The minimum absolute atomic E-state index is 0.201. The maximum Gasteiger partial charge on any atom is 0.126 e. The van der Waals surface area contributed by atoms with Crippen LogP contribution in [-0.2, 0) is 0 Å². The van der Waals surface area contributed by atoms with Gasteiger partial charge in [0.25, 0.3) is 0 Å². The molecule has 4 heteroatoms. The van der Waals surface area contributed by atoms with Gasteiger partial charge in [0.2, 0.25) is 0 Å². The Morgan fingerprint density at radius 3 is 2.21 bits per heavy atom. The van der Waals surface area contributed by atoms with E-state index in [1.807, 2.05) is 24.0 Å². The molecule has 0 amide bonds. The fourth-order valence-electron chi connectivity index (χ4n) is 3.01. The van der Waals surface area contributed by atoms with Crippen molar-refractivity contribution in [3.8, 4) is 16.8 Å². The Kier molecular flexibility index (Phi) is 6.65. The van der Waals surface area contributed by atoms with Crippen LogP contribution in [-0.4, -0.2) is 16.8 Å². The highest BCUT2D eigenvalue weighted by atomic mass is 19.1. The second-order valence-corrected chi connectivity index (χ2v) is 7.09. The fourth-order valence-corrected chi connectivity index (χ4v) is 3.01. The molecule has 0 bridgehead atoms. The van der Waals surface area contributed by atoms with Crippen molar-refractivity contribution in [3.05, 3.63) is 78.2 Å². The van der Waals surface area contributed by atoms with Gasteiger partial charge in [-0.25, -0.2) is 9.07 Å². The second-order valence-electron chi connectivity index (χ2n) is 7.09. The number of nitrogens with one attached hydrogen (secondary N) is 1. The van der Waals surface area contributed by atoms with Crippen LogP contribution in [0.3, 0.4) is 0 Å². The van der Waals surface area contributed by atoms with Crippen LogP contribution in [0.15, 0.2) is 66.9 Å². The minimum atomic E-state index is -0.201. The molecule has 29 heavy (non-hydrogen) atoms. The summed E-state index contributed by atoms with van der Waals surface area (Å²) in [5.74, 6) is -0.201. The third kappa shape index (κ3) is 4.65. The first kappa shape index (κ1) is 20.6. The van der Waals surface area contributed by atoms with Gasteiger partial charge in [-0.2, -0.15) is 5.10 Å². The van der Waals surface area contributed by atoms with Gasteiger partial charge in [0.05, 0.1) is 17.4 Å². The normalized spacial score (nSPS) is 10.5. The topological polar surface area (TPSA) is 29.9 Å². The van der Waals surface area contributed by atoms with Gasteiger partial charge in [-0.15, -0.1) is 0 Å². The standard InChI is InChI=1S/C21H18FN3.C4H10/c1-14-11-19(8-9-20(14)22)25-21-10-5-16(12-17(21)13-24-25)15-3-6-18(23-2)7-4-15;1-3-4-2/h3-13,23H,1-2H3;3-4H2,1-2H3. The summed E-state index contributed by atoms with van der Waals surface area (Å²) in [5, 5.41) is 8.66. The molecule has 0 saturated carbocycles. The molecular formula is C25H28FN3. The van der Waals surface area contributed by atoms with Gasteiger partial charge in [-0.3, -0.25) is 0 Å². The molecule has 0 radical (unpaired) electrons. The highest BCUT2D eigenvalue weighted by Crippen LogP contribution is 2.27. The molecule has 0 aliphatic carbocycles. The number of hydrogen-bond donors (Lipinski definition) is 1. The number of fused-ring (bicyclic) bond motifs is 1. The lowest BCUT2D eigenvalue weighted by Crippen LogP contribution is -1.97. The van der Waals surface area contributed by atoms with E-state index in [1.165, 1.54) is 18.9 Å². The van der Waals surface area contributed by atoms with Gasteiger partial charge < -0.3 is 5.32 Å². The largest absolute Gasteiger partial charge is 0.388 e. The van der Waals surface area contributed by atoms with E-state index in [9.17, 15) is 4.39 Å². The van der Waals surface area contributed by atoms with Crippen LogP contribution in [0.4, 0.5) is 10.1 Å². The lowest BCUT2D eigenvalue weighted by molar-refractivity contribution is 0.617. The van der Waals surface area contributed by atoms with Crippen molar-refractivity contribution in [2.45, 2.75) is 33.6 Å². The first-order valence-corrected chi connectivity index (χ1v) is 10.1. The molecule has 0 unspecified atom stereocenters. The average molecular weight is 390 g/mol. The smallest absolute Gasteiger partial charge is 0.126 e. The van der Waals surface area contributed by atoms with Gasteiger partial charge in [0.15, 0.2) is 0 Å². The molecule has 4 rings (SSSR count). The van der Waals surface area contributed by atoms with Gasteiger partial charge in [-0.05, 0) is 66.1 Å². The highest BCUT2D eigenvalue weighted by Gasteiger charge is 2.08. The van der Waals surface area contributed by atoms with Crippen LogP contribution in [0.5, 0.6) is 0 Å². The summed E-state index contributed by atoms with van der Waals surface area (Å²) in [7, 11) is 1.91. The van der Waals surface area contributed by atoms with E-state index in [-0.39, 0.29) is 5.82 Å². The lowest BCUT2D eigenvalue weighted by Gasteiger charge is -2.07. The molecule has 0 saturated heterocycles. The zero-order valence-electron chi connectivity index (χ0n) is 17.5. The summed E-state index contributed by atoms with van der Waals surface area (Å²) in [5.41, 5.74) is 5.87. The van der Waals surface area contributed by atoms with Crippen molar-refractivity contribution in [1.82, 2.24) is 9.78 Å². The molecule has 3 nitrogen and oxygen atoms in total. The Hall–Kier alpha value is -3.14. The number of aryl methyl sites for hydroxylation is 1. The number of hydrogen-bond acceptors (Lipinski definition) is 2. The van der Waals surface area contributed by atoms with Gasteiger partial charge >= 0.3 is 0 Å². The number of benzene rings is 3. The Bertz CT molecular complexity index is 1080. The van der Waals surface area contributed by atoms with E-state index in [0.29, 0.717) is 5.56 Å². The molecule has 4 aromatic rings. The van der Waals surface area contributed by atoms with E-state index < -0.39 is 0 Å². The minimum Gasteiger partial charge on any atom is -0.388 e. The predicted octanol–water partition coefficient (Wildman–Crippen LogP) is 6.99. The van der Waals surface area contributed by atoms with Crippen LogP contribution in [0.2, 0.25) is 0 Å². The lowest BCUT2D eigenvalue weighted by atomic mass is 10.0. The molecule has 1 aromatic heterocycles. The molecule has 0 aliphatic rings. The third-order valence-corrected chi connectivity index (χ3v) is 4.96. The van der Waals surface area contributed by atoms with Crippen molar-refractivity contribution in [2.24, 2.45) is 0 Å². The van der Waals surface area contributed by atoms with E-state index in [1.54, 1.807) is 13.0 Å². The molecule has 1 N–H and O–H groups in total. The maximum atomic E-state index is 13.5. The highest BCUT2D eigenvalue weighted by molar-refractivity contribution is 5.86. The molecule has 0 aliphatic heterocycles. The number of unbranched alkanes of at least 4 members (excludes halogenated alkanes) is 1. The van der Waals surface area contributed by atoms with Gasteiger partial charge in [-0.1, -0.05) is 44.9 Å². The summed E-state index contributed by atoms with van der Waals surface area (Å²) in [4.78, 5) is 0.